The van der Waals surface area contributed by atoms with Crippen molar-refractivity contribution in [1.29, 1.82) is 0 Å². The molecular formula is C48H61FN8O4. The monoisotopic (exact) mass is 832 g/mol. The van der Waals surface area contributed by atoms with Gasteiger partial charge in [0, 0.05) is 70.0 Å². The number of aromatic nitrogens is 2. The van der Waals surface area contributed by atoms with Crippen molar-refractivity contribution in [3.05, 3.63) is 126 Å². The Labute approximate surface area is 359 Å². The second-order valence-corrected chi connectivity index (χ2v) is 17.8. The van der Waals surface area contributed by atoms with E-state index in [1.54, 1.807) is 16.0 Å². The minimum absolute atomic E-state index is 0.0221. The van der Waals surface area contributed by atoms with Crippen molar-refractivity contribution >= 4 is 29.4 Å². The first-order chi connectivity index (χ1) is 29.0. The van der Waals surface area contributed by atoms with E-state index < -0.39 is 5.95 Å². The molecule has 4 aromatic rings. The maximum atomic E-state index is 12.9. The molecule has 13 heteroatoms. The van der Waals surface area contributed by atoms with Gasteiger partial charge in [-0.15, -0.1) is 0 Å². The van der Waals surface area contributed by atoms with E-state index in [4.69, 9.17) is 5.73 Å². The van der Waals surface area contributed by atoms with Gasteiger partial charge in [-0.2, -0.15) is 4.39 Å². The highest BCUT2D eigenvalue weighted by Crippen LogP contribution is 2.33. The van der Waals surface area contributed by atoms with E-state index in [9.17, 15) is 23.6 Å². The van der Waals surface area contributed by atoms with Crippen LogP contribution in [0.3, 0.4) is 0 Å². The zero-order valence-electron chi connectivity index (χ0n) is 36.4. The number of nitrogens with two attached hydrogens (primary N) is 1. The standard InChI is InChI=1S/C24H30N4O2.C15H18FN3O2.C9H13N/c1-24(2,19-7-5-4-6-8-19)26-21-12-11-18(15-25-21)23(30)28-14-13-20(16-28)27(3)22(29)17-9-10-17;1-18(14(20)10-2-3-10)12-6-7-19(9-12)15(21)11-4-5-13(16)17-8-11;1-9(2,10)8-6-4-3-5-7-8/h4-8,11-12,15,17,20H,9-10,13-14,16H2,1-3H3,(H,25,26);4-5,8,10,12H,2-3,6-7,9H2,1H3;3-7H,10H2,1-2H3/t20-;12-;/m00./s1. The van der Waals surface area contributed by atoms with E-state index in [0.29, 0.717) is 37.3 Å². The predicted molar refractivity (Wildman–Crippen MR) is 235 cm³/mol. The maximum absolute atomic E-state index is 12.9. The van der Waals surface area contributed by atoms with Gasteiger partial charge in [0.1, 0.15) is 5.82 Å². The van der Waals surface area contributed by atoms with Crippen LogP contribution in [0.4, 0.5) is 10.2 Å². The predicted octanol–water partition coefficient (Wildman–Crippen LogP) is 6.70. The van der Waals surface area contributed by atoms with Crippen molar-refractivity contribution in [2.75, 3.05) is 45.6 Å². The molecule has 0 spiro atoms. The number of amides is 4. The maximum Gasteiger partial charge on any atom is 0.255 e. The van der Waals surface area contributed by atoms with Crippen molar-refractivity contribution in [2.45, 2.75) is 89.4 Å². The Morgan fingerprint density at radius 1 is 0.639 bits per heavy atom. The number of carbonyl (C=O) groups excluding carboxylic acids is 4. The van der Waals surface area contributed by atoms with Crippen molar-refractivity contribution < 1.29 is 23.6 Å². The third-order valence-corrected chi connectivity index (χ3v) is 12.0. The summed E-state index contributed by atoms with van der Waals surface area (Å²) in [6.45, 7) is 10.6. The molecule has 2 saturated heterocycles. The van der Waals surface area contributed by atoms with Crippen LogP contribution in [0.25, 0.3) is 0 Å². The smallest absolute Gasteiger partial charge is 0.255 e. The Hall–Kier alpha value is -5.69. The number of pyridine rings is 2. The summed E-state index contributed by atoms with van der Waals surface area (Å²) in [5.74, 6) is 0.786. The van der Waals surface area contributed by atoms with E-state index in [2.05, 4.69) is 41.3 Å². The largest absolute Gasteiger partial charge is 0.361 e. The summed E-state index contributed by atoms with van der Waals surface area (Å²) < 4.78 is 12.8. The number of benzene rings is 2. The lowest BCUT2D eigenvalue weighted by atomic mass is 9.94. The van der Waals surface area contributed by atoms with E-state index in [1.165, 1.54) is 29.5 Å². The molecule has 4 amide bonds. The third kappa shape index (κ3) is 12.0. The number of anilines is 1. The van der Waals surface area contributed by atoms with E-state index in [0.717, 1.165) is 44.3 Å². The number of carbonyl (C=O) groups is 4. The van der Waals surface area contributed by atoms with Crippen LogP contribution in [0.15, 0.2) is 97.3 Å². The molecule has 12 nitrogen and oxygen atoms in total. The summed E-state index contributed by atoms with van der Waals surface area (Å²) in [7, 11) is 3.69. The first kappa shape index (κ1) is 44.9. The molecule has 2 saturated carbocycles. The lowest BCUT2D eigenvalue weighted by Gasteiger charge is -2.27. The summed E-state index contributed by atoms with van der Waals surface area (Å²) in [4.78, 5) is 64.7. The highest BCUT2D eigenvalue weighted by atomic mass is 19.1. The van der Waals surface area contributed by atoms with Gasteiger partial charge < -0.3 is 30.7 Å². The summed E-state index contributed by atoms with van der Waals surface area (Å²) in [6, 6.07) is 26.8. The van der Waals surface area contributed by atoms with Crippen LogP contribution in [0.1, 0.15) is 98.1 Å². The number of hydrogen-bond acceptors (Lipinski definition) is 8. The molecule has 2 aliphatic carbocycles. The van der Waals surface area contributed by atoms with E-state index in [-0.39, 0.29) is 58.6 Å². The van der Waals surface area contributed by atoms with Crippen molar-refractivity contribution in [2.24, 2.45) is 17.6 Å². The van der Waals surface area contributed by atoms with Gasteiger partial charge >= 0.3 is 0 Å². The van der Waals surface area contributed by atoms with Crippen LogP contribution >= 0.6 is 0 Å². The minimum atomic E-state index is -0.597. The van der Waals surface area contributed by atoms with Crippen molar-refractivity contribution in [1.82, 2.24) is 29.6 Å². The van der Waals surface area contributed by atoms with Gasteiger partial charge in [-0.1, -0.05) is 60.7 Å². The normalized spacial score (nSPS) is 18.6. The fraction of sp³-hybridized carbons (Fsp3) is 0.458. The number of nitrogens with zero attached hydrogens (tertiary/aromatic N) is 6. The fourth-order valence-electron chi connectivity index (χ4n) is 7.66. The number of hydrogen-bond donors (Lipinski definition) is 2. The van der Waals surface area contributed by atoms with Crippen LogP contribution in [-0.4, -0.2) is 106 Å². The van der Waals surface area contributed by atoms with Gasteiger partial charge in [-0.3, -0.25) is 19.2 Å². The minimum Gasteiger partial charge on any atom is -0.361 e. The number of likely N-dealkylation sites (tertiary alicyclic amines) is 2. The Morgan fingerprint density at radius 3 is 1.46 bits per heavy atom. The van der Waals surface area contributed by atoms with E-state index >= 15 is 0 Å². The molecule has 8 rings (SSSR count). The Morgan fingerprint density at radius 2 is 1.08 bits per heavy atom. The van der Waals surface area contributed by atoms with Gasteiger partial charge in [0.25, 0.3) is 11.8 Å². The first-order valence-corrected chi connectivity index (χ1v) is 21.4. The topological polar surface area (TPSA) is 145 Å². The van der Waals surface area contributed by atoms with Crippen LogP contribution in [0.5, 0.6) is 0 Å². The summed E-state index contributed by atoms with van der Waals surface area (Å²) >= 11 is 0. The molecule has 4 heterocycles. The van der Waals surface area contributed by atoms with Crippen LogP contribution in [0.2, 0.25) is 0 Å². The third-order valence-electron chi connectivity index (χ3n) is 12.0. The SMILES string of the molecule is CC(C)(N)c1ccccc1.CN(C(=O)C1CC1)[C@H]1CCN(C(=O)c2ccc(F)nc2)C1.CN(C(=O)C1CC1)[C@H]1CCN(C(=O)c2ccc(NC(C)(C)c3ccccc3)nc2)C1. The Bertz CT molecular complexity index is 2100. The van der Waals surface area contributed by atoms with Crippen molar-refractivity contribution in [3.8, 4) is 0 Å². The number of nitrogens with one attached hydrogen (secondary N) is 1. The zero-order chi connectivity index (χ0) is 43.9. The molecule has 324 valence electrons. The zero-order valence-corrected chi connectivity index (χ0v) is 36.4. The summed E-state index contributed by atoms with van der Waals surface area (Å²) in [5, 5.41) is 3.44. The van der Waals surface area contributed by atoms with Crippen LogP contribution < -0.4 is 11.1 Å². The summed E-state index contributed by atoms with van der Waals surface area (Å²) in [6.07, 6.45) is 8.49. The first-order valence-electron chi connectivity index (χ1n) is 21.4. The summed E-state index contributed by atoms with van der Waals surface area (Å²) in [5.41, 5.74) is 8.68. The molecule has 4 fully saturated rings. The van der Waals surface area contributed by atoms with Gasteiger partial charge in [-0.25, -0.2) is 9.97 Å². The van der Waals surface area contributed by atoms with Gasteiger partial charge in [0.15, 0.2) is 0 Å². The molecule has 2 aromatic carbocycles. The second kappa shape index (κ2) is 19.4. The molecule has 4 aliphatic rings. The van der Waals surface area contributed by atoms with Gasteiger partial charge in [-0.05, 0) is 102 Å². The lowest BCUT2D eigenvalue weighted by molar-refractivity contribution is -0.133. The quantitative estimate of drug-likeness (QED) is 0.168. The number of halogens is 1. The molecule has 2 aromatic heterocycles. The second-order valence-electron chi connectivity index (χ2n) is 17.8. The highest BCUT2D eigenvalue weighted by Gasteiger charge is 2.39. The van der Waals surface area contributed by atoms with Gasteiger partial charge in [0.05, 0.1) is 28.7 Å². The van der Waals surface area contributed by atoms with Crippen molar-refractivity contribution in [3.63, 3.8) is 0 Å². The molecule has 0 unspecified atom stereocenters. The lowest BCUT2D eigenvalue weighted by Crippen LogP contribution is -2.40. The molecule has 61 heavy (non-hydrogen) atoms. The van der Waals surface area contributed by atoms with Crippen LogP contribution in [0, 0.1) is 17.8 Å². The highest BCUT2D eigenvalue weighted by molar-refractivity contribution is 5.95. The number of rotatable bonds is 10. The molecule has 2 atom stereocenters. The van der Waals surface area contributed by atoms with Gasteiger partial charge in [0.2, 0.25) is 17.8 Å². The molecule has 3 N–H and O–H groups in total. The Balaban J connectivity index is 0.000000173. The van der Waals surface area contributed by atoms with Crippen LogP contribution in [-0.2, 0) is 20.7 Å². The molecule has 0 radical (unpaired) electrons. The average Bonchev–Trinajstić information content (AvgIpc) is 4.20. The molecular weight excluding hydrogens is 772 g/mol. The fourth-order valence-corrected chi connectivity index (χ4v) is 7.66. The molecule has 0 bridgehead atoms. The molecule has 2 aliphatic heterocycles. The number of likely N-dealkylation sites (N-methyl/N-ethyl adjacent to an activating group) is 2. The Kier molecular flexibility index (Phi) is 14.2. The van der Waals surface area contributed by atoms with E-state index in [1.807, 2.05) is 98.4 Å². The average molecular weight is 833 g/mol.